The lowest BCUT2D eigenvalue weighted by Crippen LogP contribution is -2.50. The van der Waals surface area contributed by atoms with Crippen LogP contribution in [0.3, 0.4) is 0 Å². The van der Waals surface area contributed by atoms with Crippen molar-refractivity contribution in [2.45, 2.75) is 23.0 Å². The molecule has 0 spiro atoms. The van der Waals surface area contributed by atoms with E-state index in [1.54, 1.807) is 11.0 Å². The van der Waals surface area contributed by atoms with E-state index < -0.39 is 10.0 Å². The zero-order chi connectivity index (χ0) is 19.6. The molecule has 1 aliphatic rings. The van der Waals surface area contributed by atoms with E-state index in [1.807, 2.05) is 26.0 Å². The van der Waals surface area contributed by atoms with Gasteiger partial charge in [-0.3, -0.25) is 4.79 Å². The van der Waals surface area contributed by atoms with E-state index in [0.717, 1.165) is 16.2 Å². The van der Waals surface area contributed by atoms with Crippen molar-refractivity contribution in [2.24, 2.45) is 0 Å². The van der Waals surface area contributed by atoms with Crippen molar-refractivity contribution in [3.8, 4) is 0 Å². The summed E-state index contributed by atoms with van der Waals surface area (Å²) >= 11 is 8.44. The van der Waals surface area contributed by atoms with E-state index in [1.165, 1.54) is 33.3 Å². The number of amides is 1. The van der Waals surface area contributed by atoms with Crippen LogP contribution in [0.4, 0.5) is 0 Å². The summed E-state index contributed by atoms with van der Waals surface area (Å²) in [6.07, 6.45) is 0. The molecule has 0 aliphatic carbocycles. The smallest absolute Gasteiger partial charge is 0.252 e. The standard InChI is InChI=1S/C18H21ClN2O3S3/c1-13-3-4-15(14(2)11-13)25-12-17(22)20-7-9-21(10-8-20)27(23,24)18-6-5-16(19)26-18/h3-6,11H,7-10,12H2,1-2H3. The number of halogens is 1. The van der Waals surface area contributed by atoms with E-state index in [-0.39, 0.29) is 10.1 Å². The Balaban J connectivity index is 1.55. The molecule has 0 N–H and O–H groups in total. The molecule has 1 amide bonds. The van der Waals surface area contributed by atoms with Crippen LogP contribution in [0.15, 0.2) is 39.4 Å². The largest absolute Gasteiger partial charge is 0.339 e. The fourth-order valence-electron chi connectivity index (χ4n) is 2.93. The van der Waals surface area contributed by atoms with E-state index in [2.05, 4.69) is 6.07 Å². The van der Waals surface area contributed by atoms with E-state index in [0.29, 0.717) is 36.3 Å². The van der Waals surface area contributed by atoms with Gasteiger partial charge < -0.3 is 4.90 Å². The van der Waals surface area contributed by atoms with Gasteiger partial charge in [0.25, 0.3) is 10.0 Å². The molecular weight excluding hydrogens is 424 g/mol. The van der Waals surface area contributed by atoms with E-state index in [4.69, 9.17) is 11.6 Å². The minimum atomic E-state index is -3.53. The van der Waals surface area contributed by atoms with Crippen LogP contribution in [0.1, 0.15) is 11.1 Å². The van der Waals surface area contributed by atoms with Crippen molar-refractivity contribution in [3.05, 3.63) is 45.8 Å². The van der Waals surface area contributed by atoms with Crippen LogP contribution in [-0.2, 0) is 14.8 Å². The number of piperazine rings is 1. The van der Waals surface area contributed by atoms with Gasteiger partial charge in [0.05, 0.1) is 10.1 Å². The Morgan fingerprint density at radius 3 is 2.44 bits per heavy atom. The molecule has 9 heteroatoms. The van der Waals surface area contributed by atoms with Crippen LogP contribution in [0.5, 0.6) is 0 Å². The molecule has 1 aromatic heterocycles. The first kappa shape index (κ1) is 20.7. The molecule has 5 nitrogen and oxygen atoms in total. The number of rotatable bonds is 5. The molecule has 1 fully saturated rings. The van der Waals surface area contributed by atoms with Gasteiger partial charge in [-0.15, -0.1) is 23.1 Å². The van der Waals surface area contributed by atoms with Crippen molar-refractivity contribution < 1.29 is 13.2 Å². The third-order valence-corrected chi connectivity index (χ3v) is 9.17. The van der Waals surface area contributed by atoms with Crippen LogP contribution in [0, 0.1) is 13.8 Å². The van der Waals surface area contributed by atoms with Gasteiger partial charge in [-0.25, -0.2) is 8.42 Å². The maximum Gasteiger partial charge on any atom is 0.252 e. The Morgan fingerprint density at radius 1 is 1.15 bits per heavy atom. The Kier molecular flexibility index (Phi) is 6.53. The molecule has 146 valence electrons. The van der Waals surface area contributed by atoms with Crippen LogP contribution in [0.2, 0.25) is 4.34 Å². The average Bonchev–Trinajstić information content (AvgIpc) is 3.08. The molecular formula is C18H21ClN2O3S3. The lowest BCUT2D eigenvalue weighted by Gasteiger charge is -2.33. The zero-order valence-electron chi connectivity index (χ0n) is 15.1. The number of nitrogens with zero attached hydrogens (tertiary/aromatic N) is 2. The second kappa shape index (κ2) is 8.53. The second-order valence-electron chi connectivity index (χ2n) is 6.40. The Bertz CT molecular complexity index is 935. The van der Waals surface area contributed by atoms with Gasteiger partial charge in [-0.1, -0.05) is 29.3 Å². The van der Waals surface area contributed by atoms with E-state index in [9.17, 15) is 13.2 Å². The SMILES string of the molecule is Cc1ccc(SCC(=O)N2CCN(S(=O)(=O)c3ccc(Cl)s3)CC2)c(C)c1. The van der Waals surface area contributed by atoms with Crippen LogP contribution in [0.25, 0.3) is 0 Å². The van der Waals surface area contributed by atoms with Gasteiger partial charge in [0.15, 0.2) is 0 Å². The van der Waals surface area contributed by atoms with Crippen LogP contribution in [-0.4, -0.2) is 55.5 Å². The zero-order valence-corrected chi connectivity index (χ0v) is 18.3. The molecule has 0 saturated carbocycles. The fraction of sp³-hybridized carbons (Fsp3) is 0.389. The number of hydrogen-bond donors (Lipinski definition) is 0. The first-order valence-electron chi connectivity index (χ1n) is 8.50. The summed E-state index contributed by atoms with van der Waals surface area (Å²) in [5.41, 5.74) is 2.37. The van der Waals surface area contributed by atoms with Gasteiger partial charge in [-0.2, -0.15) is 4.31 Å². The molecule has 1 aromatic carbocycles. The highest BCUT2D eigenvalue weighted by atomic mass is 35.5. The normalized spacial score (nSPS) is 15.9. The first-order valence-corrected chi connectivity index (χ1v) is 12.1. The van der Waals surface area contributed by atoms with Gasteiger partial charge in [-0.05, 0) is 37.6 Å². The lowest BCUT2D eigenvalue weighted by molar-refractivity contribution is -0.129. The number of carbonyl (C=O) groups is 1. The summed E-state index contributed by atoms with van der Waals surface area (Å²) in [6, 6.07) is 9.30. The molecule has 0 atom stereocenters. The maximum atomic E-state index is 12.6. The maximum absolute atomic E-state index is 12.6. The number of thiophene rings is 1. The van der Waals surface area contributed by atoms with Gasteiger partial charge in [0.1, 0.15) is 4.21 Å². The summed E-state index contributed by atoms with van der Waals surface area (Å²) in [5, 5.41) is 0. The third kappa shape index (κ3) is 4.86. The second-order valence-corrected chi connectivity index (χ2v) is 11.3. The van der Waals surface area contributed by atoms with E-state index >= 15 is 0 Å². The first-order chi connectivity index (χ1) is 12.8. The summed E-state index contributed by atoms with van der Waals surface area (Å²) in [5.74, 6) is 0.396. The Labute approximate surface area is 173 Å². The van der Waals surface area contributed by atoms with Crippen LogP contribution >= 0.6 is 34.7 Å². The quantitative estimate of drug-likeness (QED) is 0.660. The molecule has 0 radical (unpaired) electrons. The predicted octanol–water partition coefficient (Wildman–Crippen LogP) is 3.64. The molecule has 27 heavy (non-hydrogen) atoms. The van der Waals surface area contributed by atoms with Gasteiger partial charge in [0, 0.05) is 31.1 Å². The molecule has 1 aliphatic heterocycles. The highest BCUT2D eigenvalue weighted by molar-refractivity contribution is 8.00. The number of benzene rings is 1. The number of carbonyl (C=O) groups excluding carboxylic acids is 1. The molecule has 0 bridgehead atoms. The number of sulfonamides is 1. The third-order valence-electron chi connectivity index (χ3n) is 4.42. The minimum Gasteiger partial charge on any atom is -0.339 e. The summed E-state index contributed by atoms with van der Waals surface area (Å²) in [6.45, 7) is 5.51. The van der Waals surface area contributed by atoms with Crippen molar-refractivity contribution in [1.82, 2.24) is 9.21 Å². The molecule has 2 aromatic rings. The topological polar surface area (TPSA) is 57.7 Å². The lowest BCUT2D eigenvalue weighted by atomic mass is 10.2. The monoisotopic (exact) mass is 444 g/mol. The molecule has 1 saturated heterocycles. The van der Waals surface area contributed by atoms with Crippen molar-refractivity contribution >= 4 is 50.6 Å². The summed E-state index contributed by atoms with van der Waals surface area (Å²) in [4.78, 5) is 15.3. The molecule has 3 rings (SSSR count). The molecule has 0 unspecified atom stereocenters. The van der Waals surface area contributed by atoms with Gasteiger partial charge in [0.2, 0.25) is 5.91 Å². The number of hydrogen-bond acceptors (Lipinski definition) is 5. The highest BCUT2D eigenvalue weighted by Gasteiger charge is 2.31. The Morgan fingerprint density at radius 2 is 1.85 bits per heavy atom. The summed E-state index contributed by atoms with van der Waals surface area (Å²) in [7, 11) is -3.53. The van der Waals surface area contributed by atoms with Crippen molar-refractivity contribution in [3.63, 3.8) is 0 Å². The number of thioether (sulfide) groups is 1. The molecule has 2 heterocycles. The number of aryl methyl sites for hydroxylation is 2. The Hall–Kier alpha value is -1.06. The fourth-order valence-corrected chi connectivity index (χ4v) is 6.91. The average molecular weight is 445 g/mol. The predicted molar refractivity (Wildman–Crippen MR) is 111 cm³/mol. The minimum absolute atomic E-state index is 0.0381. The highest BCUT2D eigenvalue weighted by Crippen LogP contribution is 2.29. The van der Waals surface area contributed by atoms with Crippen LogP contribution < -0.4 is 0 Å². The summed E-state index contributed by atoms with van der Waals surface area (Å²) < 4.78 is 27.4. The van der Waals surface area contributed by atoms with Gasteiger partial charge >= 0.3 is 0 Å². The van der Waals surface area contributed by atoms with Crippen molar-refractivity contribution in [2.75, 3.05) is 31.9 Å². The van der Waals surface area contributed by atoms with Crippen molar-refractivity contribution in [1.29, 1.82) is 0 Å².